The third-order valence-corrected chi connectivity index (χ3v) is 3.43. The van der Waals surface area contributed by atoms with E-state index in [9.17, 15) is 4.79 Å². The third kappa shape index (κ3) is 5.78. The zero-order chi connectivity index (χ0) is 15.7. The van der Waals surface area contributed by atoms with E-state index in [4.69, 9.17) is 0 Å². The highest BCUT2D eigenvalue weighted by molar-refractivity contribution is 5.86. The summed E-state index contributed by atoms with van der Waals surface area (Å²) < 4.78 is 0. The van der Waals surface area contributed by atoms with Crippen molar-refractivity contribution in [2.45, 2.75) is 33.6 Å². The van der Waals surface area contributed by atoms with E-state index in [0.717, 1.165) is 12.8 Å². The fraction of sp³-hybridized carbons (Fsp3) is 0.250. The molecule has 0 unspecified atom stereocenters. The van der Waals surface area contributed by atoms with Crippen LogP contribution in [0.2, 0.25) is 0 Å². The number of carbonyl (C=O) groups excluding carboxylic acids is 1. The zero-order valence-electron chi connectivity index (χ0n) is 13.2. The molecule has 2 aromatic rings. The van der Waals surface area contributed by atoms with Crippen LogP contribution < -0.4 is 0 Å². The van der Waals surface area contributed by atoms with Gasteiger partial charge in [0.05, 0.1) is 0 Å². The number of hydrogen-bond acceptors (Lipinski definition) is 1. The Morgan fingerprint density at radius 3 is 1.95 bits per heavy atom. The molecule has 0 saturated carbocycles. The Morgan fingerprint density at radius 2 is 1.48 bits per heavy atom. The number of hydrogen-bond donors (Lipinski definition) is 0. The highest BCUT2D eigenvalue weighted by atomic mass is 16.1. The molecule has 0 radical (unpaired) electrons. The van der Waals surface area contributed by atoms with Gasteiger partial charge >= 0.3 is 0 Å². The number of benzene rings is 2. The van der Waals surface area contributed by atoms with Gasteiger partial charge < -0.3 is 0 Å². The SMILES string of the molecule is C=CC(C)=O.CCc1ccccc1Cc1ccccc1C. The lowest BCUT2D eigenvalue weighted by Crippen LogP contribution is -1.95. The lowest BCUT2D eigenvalue weighted by Gasteiger charge is -2.09. The highest BCUT2D eigenvalue weighted by Gasteiger charge is 2.02. The predicted octanol–water partition coefficient (Wildman–Crippen LogP) is 4.91. The first-order chi connectivity index (χ1) is 10.1. The maximum Gasteiger partial charge on any atom is 0.152 e. The van der Waals surface area contributed by atoms with E-state index in [1.54, 1.807) is 0 Å². The van der Waals surface area contributed by atoms with Gasteiger partial charge in [-0.1, -0.05) is 62.0 Å². The number of carbonyl (C=O) groups is 1. The van der Waals surface area contributed by atoms with Gasteiger partial charge in [-0.2, -0.15) is 0 Å². The summed E-state index contributed by atoms with van der Waals surface area (Å²) in [5.41, 5.74) is 5.74. The second-order valence-corrected chi connectivity index (χ2v) is 5.04. The Labute approximate surface area is 128 Å². The van der Waals surface area contributed by atoms with Crippen molar-refractivity contribution in [3.05, 3.63) is 83.4 Å². The van der Waals surface area contributed by atoms with E-state index >= 15 is 0 Å². The van der Waals surface area contributed by atoms with E-state index in [1.807, 2.05) is 0 Å². The molecule has 0 bridgehead atoms. The van der Waals surface area contributed by atoms with Crippen LogP contribution in [0.1, 0.15) is 36.1 Å². The summed E-state index contributed by atoms with van der Waals surface area (Å²) in [4.78, 5) is 9.69. The van der Waals surface area contributed by atoms with E-state index in [0.29, 0.717) is 0 Å². The second-order valence-electron chi connectivity index (χ2n) is 5.04. The van der Waals surface area contributed by atoms with Crippen LogP contribution in [0.5, 0.6) is 0 Å². The zero-order valence-corrected chi connectivity index (χ0v) is 13.2. The summed E-state index contributed by atoms with van der Waals surface area (Å²) in [5, 5.41) is 0. The van der Waals surface area contributed by atoms with E-state index < -0.39 is 0 Å². The first kappa shape index (κ1) is 16.9. The van der Waals surface area contributed by atoms with Crippen molar-refractivity contribution in [1.82, 2.24) is 0 Å². The number of aryl methyl sites for hydroxylation is 2. The molecule has 1 heteroatoms. The minimum atomic E-state index is 0.0185. The fourth-order valence-electron chi connectivity index (χ4n) is 2.09. The molecule has 0 amide bonds. The molecule has 2 rings (SSSR count). The molecule has 0 aliphatic carbocycles. The Balaban J connectivity index is 0.000000383. The van der Waals surface area contributed by atoms with Crippen molar-refractivity contribution >= 4 is 5.78 Å². The Morgan fingerprint density at radius 1 is 1.00 bits per heavy atom. The van der Waals surface area contributed by atoms with Gasteiger partial charge in [-0.15, -0.1) is 0 Å². The van der Waals surface area contributed by atoms with Crippen LogP contribution >= 0.6 is 0 Å². The maximum absolute atomic E-state index is 9.69. The minimum absolute atomic E-state index is 0.0185. The summed E-state index contributed by atoms with van der Waals surface area (Å²) >= 11 is 0. The Bertz CT molecular complexity index is 596. The largest absolute Gasteiger partial charge is 0.295 e. The predicted molar refractivity (Wildman–Crippen MR) is 90.7 cm³/mol. The van der Waals surface area contributed by atoms with Crippen LogP contribution in [0.4, 0.5) is 0 Å². The molecule has 1 nitrogen and oxygen atoms in total. The highest BCUT2D eigenvalue weighted by Crippen LogP contribution is 2.17. The van der Waals surface area contributed by atoms with Crippen molar-refractivity contribution in [2.24, 2.45) is 0 Å². The molecular weight excluding hydrogens is 256 g/mol. The number of ketones is 1. The molecule has 0 atom stereocenters. The van der Waals surface area contributed by atoms with Gasteiger partial charge in [-0.3, -0.25) is 4.79 Å². The maximum atomic E-state index is 9.69. The average molecular weight is 280 g/mol. The molecule has 0 saturated heterocycles. The molecule has 0 spiro atoms. The topological polar surface area (TPSA) is 17.1 Å². The van der Waals surface area contributed by atoms with Gasteiger partial charge in [0.25, 0.3) is 0 Å². The van der Waals surface area contributed by atoms with E-state index in [1.165, 1.54) is 35.3 Å². The molecule has 0 heterocycles. The lowest BCUT2D eigenvalue weighted by atomic mass is 9.96. The van der Waals surface area contributed by atoms with Gasteiger partial charge in [-0.05, 0) is 55.0 Å². The molecule has 0 aliphatic heterocycles. The van der Waals surface area contributed by atoms with Crippen LogP contribution in [-0.4, -0.2) is 5.78 Å². The van der Waals surface area contributed by atoms with Crippen molar-refractivity contribution in [2.75, 3.05) is 0 Å². The summed E-state index contributed by atoms with van der Waals surface area (Å²) in [6.07, 6.45) is 3.44. The normalized spacial score (nSPS) is 9.48. The van der Waals surface area contributed by atoms with Crippen LogP contribution in [0.25, 0.3) is 0 Å². The van der Waals surface area contributed by atoms with Crippen molar-refractivity contribution in [3.8, 4) is 0 Å². The monoisotopic (exact) mass is 280 g/mol. The van der Waals surface area contributed by atoms with Gasteiger partial charge in [0.1, 0.15) is 0 Å². The van der Waals surface area contributed by atoms with Gasteiger partial charge in [-0.25, -0.2) is 0 Å². The second kappa shape index (κ2) is 8.91. The van der Waals surface area contributed by atoms with Crippen LogP contribution in [-0.2, 0) is 17.6 Å². The molecular formula is C20H24O. The fourth-order valence-corrected chi connectivity index (χ4v) is 2.09. The van der Waals surface area contributed by atoms with Gasteiger partial charge in [0.2, 0.25) is 0 Å². The van der Waals surface area contributed by atoms with Gasteiger partial charge in [0, 0.05) is 0 Å². The molecule has 21 heavy (non-hydrogen) atoms. The minimum Gasteiger partial charge on any atom is -0.295 e. The summed E-state index contributed by atoms with van der Waals surface area (Å²) in [5.74, 6) is 0.0185. The van der Waals surface area contributed by atoms with E-state index in [2.05, 4.69) is 69.0 Å². The van der Waals surface area contributed by atoms with Crippen molar-refractivity contribution < 1.29 is 4.79 Å². The van der Waals surface area contributed by atoms with Gasteiger partial charge in [0.15, 0.2) is 5.78 Å². The number of rotatable bonds is 4. The Hall–Kier alpha value is -2.15. The quantitative estimate of drug-likeness (QED) is 0.727. The molecule has 2 aromatic carbocycles. The molecule has 0 N–H and O–H groups in total. The smallest absolute Gasteiger partial charge is 0.152 e. The first-order valence-corrected chi connectivity index (χ1v) is 7.32. The van der Waals surface area contributed by atoms with Crippen LogP contribution in [0, 0.1) is 6.92 Å². The average Bonchev–Trinajstić information content (AvgIpc) is 2.50. The van der Waals surface area contributed by atoms with E-state index in [-0.39, 0.29) is 5.78 Å². The molecule has 0 aliphatic rings. The molecule has 0 fully saturated rings. The van der Waals surface area contributed by atoms with Crippen LogP contribution in [0.15, 0.2) is 61.2 Å². The lowest BCUT2D eigenvalue weighted by molar-refractivity contribution is -0.112. The van der Waals surface area contributed by atoms with Crippen LogP contribution in [0.3, 0.4) is 0 Å². The first-order valence-electron chi connectivity index (χ1n) is 7.32. The summed E-state index contributed by atoms with van der Waals surface area (Å²) in [6.45, 7) is 9.08. The number of allylic oxidation sites excluding steroid dienone is 1. The third-order valence-electron chi connectivity index (χ3n) is 3.43. The standard InChI is InChI=1S/C16H18.C4H6O/c1-3-14-9-6-7-11-16(14)12-15-10-5-4-8-13(15)2;1-3-4(2)5/h4-11H,3,12H2,1-2H3;3H,1H2,2H3. The van der Waals surface area contributed by atoms with Crippen molar-refractivity contribution in [3.63, 3.8) is 0 Å². The van der Waals surface area contributed by atoms with Crippen molar-refractivity contribution in [1.29, 1.82) is 0 Å². The summed E-state index contributed by atoms with van der Waals surface area (Å²) in [7, 11) is 0. The summed E-state index contributed by atoms with van der Waals surface area (Å²) in [6, 6.07) is 17.4. The molecule has 110 valence electrons. The molecule has 0 aromatic heterocycles. The Kier molecular flexibility index (Phi) is 7.17.